The molecule has 1 heterocycles. The lowest BCUT2D eigenvalue weighted by Crippen LogP contribution is -2.32. The molecular weight excluding hydrogens is 342 g/mol. The van der Waals surface area contributed by atoms with E-state index in [9.17, 15) is 9.59 Å². The molecule has 0 aliphatic rings. The molecule has 1 N–H and O–H groups in total. The Bertz CT molecular complexity index is 961. The molecule has 27 heavy (non-hydrogen) atoms. The van der Waals surface area contributed by atoms with Gasteiger partial charge in [0.15, 0.2) is 11.4 Å². The molecular formula is C21H23N3O3. The largest absolute Gasteiger partial charge is 0.424 e. The highest BCUT2D eigenvalue weighted by Gasteiger charge is 2.26. The van der Waals surface area contributed by atoms with Gasteiger partial charge in [-0.15, -0.1) is 0 Å². The first-order valence-electron chi connectivity index (χ1n) is 8.79. The molecule has 2 aromatic carbocycles. The van der Waals surface area contributed by atoms with Crippen LogP contribution >= 0.6 is 0 Å². The number of nitrogens with zero attached hydrogens (tertiary/aromatic N) is 2. The van der Waals surface area contributed by atoms with E-state index in [1.54, 1.807) is 0 Å². The normalized spacial score (nSPS) is 11.0. The summed E-state index contributed by atoms with van der Waals surface area (Å²) in [7, 11) is 3.88. The predicted molar refractivity (Wildman–Crippen MR) is 105 cm³/mol. The summed E-state index contributed by atoms with van der Waals surface area (Å²) in [5.41, 5.74) is 1.94. The topological polar surface area (TPSA) is 63.6 Å². The van der Waals surface area contributed by atoms with Crippen LogP contribution in [-0.4, -0.2) is 48.5 Å². The van der Waals surface area contributed by atoms with E-state index in [1.165, 1.54) is 6.92 Å². The maximum absolute atomic E-state index is 13.1. The van der Waals surface area contributed by atoms with Gasteiger partial charge in [-0.05, 0) is 38.4 Å². The minimum absolute atomic E-state index is 0.282. The van der Waals surface area contributed by atoms with Crippen molar-refractivity contribution in [2.45, 2.75) is 6.92 Å². The van der Waals surface area contributed by atoms with Gasteiger partial charge in [-0.2, -0.15) is 0 Å². The SMILES string of the molecule is CC(=O)Oc1c(C(=O)NCCN(C)C)n(-c2ccccc2)c2ccccc12. The summed E-state index contributed by atoms with van der Waals surface area (Å²) in [4.78, 5) is 26.7. The highest BCUT2D eigenvalue weighted by molar-refractivity contribution is 6.06. The number of likely N-dealkylation sites (N-methyl/N-ethyl adjacent to an activating group) is 1. The van der Waals surface area contributed by atoms with Gasteiger partial charge in [0.1, 0.15) is 0 Å². The molecule has 1 aromatic heterocycles. The Morgan fingerprint density at radius 1 is 1.04 bits per heavy atom. The first kappa shape index (κ1) is 18.7. The van der Waals surface area contributed by atoms with Crippen molar-refractivity contribution in [1.82, 2.24) is 14.8 Å². The molecule has 6 nitrogen and oxygen atoms in total. The Kier molecular flexibility index (Phi) is 5.57. The second-order valence-corrected chi connectivity index (χ2v) is 6.52. The van der Waals surface area contributed by atoms with Gasteiger partial charge in [0.05, 0.1) is 5.52 Å². The van der Waals surface area contributed by atoms with E-state index >= 15 is 0 Å². The molecule has 0 unspecified atom stereocenters. The number of hydrogen-bond donors (Lipinski definition) is 1. The molecule has 0 spiro atoms. The molecule has 0 saturated carbocycles. The maximum Gasteiger partial charge on any atom is 0.308 e. The van der Waals surface area contributed by atoms with Crippen LogP contribution in [0.5, 0.6) is 5.75 Å². The smallest absolute Gasteiger partial charge is 0.308 e. The van der Waals surface area contributed by atoms with Crippen molar-refractivity contribution >= 4 is 22.8 Å². The van der Waals surface area contributed by atoms with Crippen molar-refractivity contribution in [2.24, 2.45) is 0 Å². The first-order chi connectivity index (χ1) is 13.0. The number of para-hydroxylation sites is 2. The molecule has 6 heteroatoms. The molecule has 1 amide bonds. The van der Waals surface area contributed by atoms with E-state index in [-0.39, 0.29) is 11.7 Å². The van der Waals surface area contributed by atoms with Gasteiger partial charge < -0.3 is 19.5 Å². The fourth-order valence-electron chi connectivity index (χ4n) is 2.98. The molecule has 0 fully saturated rings. The molecule has 140 valence electrons. The number of benzene rings is 2. The molecule has 0 atom stereocenters. The molecule has 3 rings (SSSR count). The Hall–Kier alpha value is -3.12. The number of hydrogen-bond acceptors (Lipinski definition) is 4. The molecule has 3 aromatic rings. The van der Waals surface area contributed by atoms with Gasteiger partial charge in [0.25, 0.3) is 5.91 Å². The zero-order chi connectivity index (χ0) is 19.4. The molecule has 0 aliphatic heterocycles. The van der Waals surface area contributed by atoms with Crippen molar-refractivity contribution in [3.63, 3.8) is 0 Å². The first-order valence-corrected chi connectivity index (χ1v) is 8.79. The van der Waals surface area contributed by atoms with Gasteiger partial charge in [0.2, 0.25) is 0 Å². The predicted octanol–water partition coefficient (Wildman–Crippen LogP) is 2.85. The van der Waals surface area contributed by atoms with Crippen molar-refractivity contribution in [2.75, 3.05) is 27.2 Å². The number of ether oxygens (including phenoxy) is 1. The van der Waals surface area contributed by atoms with Crippen LogP contribution in [0.25, 0.3) is 16.6 Å². The second kappa shape index (κ2) is 8.05. The van der Waals surface area contributed by atoms with Gasteiger partial charge >= 0.3 is 5.97 Å². The van der Waals surface area contributed by atoms with Crippen LogP contribution in [0.1, 0.15) is 17.4 Å². The van der Waals surface area contributed by atoms with Crippen molar-refractivity contribution in [3.8, 4) is 11.4 Å². The van der Waals surface area contributed by atoms with Gasteiger partial charge in [-0.3, -0.25) is 9.59 Å². The third-order valence-electron chi connectivity index (χ3n) is 4.15. The van der Waals surface area contributed by atoms with Gasteiger partial charge in [0, 0.05) is 31.1 Å². The summed E-state index contributed by atoms with van der Waals surface area (Å²) in [6.07, 6.45) is 0. The number of fused-ring (bicyclic) bond motifs is 1. The van der Waals surface area contributed by atoms with Crippen LogP contribution in [0, 0.1) is 0 Å². The van der Waals surface area contributed by atoms with Crippen LogP contribution in [0.15, 0.2) is 54.6 Å². The average molecular weight is 365 g/mol. The van der Waals surface area contributed by atoms with E-state index in [1.807, 2.05) is 78.2 Å². The minimum Gasteiger partial charge on any atom is -0.424 e. The number of esters is 1. The lowest BCUT2D eigenvalue weighted by molar-refractivity contribution is -0.131. The van der Waals surface area contributed by atoms with Gasteiger partial charge in [-0.1, -0.05) is 30.3 Å². The van der Waals surface area contributed by atoms with Gasteiger partial charge in [-0.25, -0.2) is 0 Å². The third-order valence-corrected chi connectivity index (χ3v) is 4.15. The molecule has 0 bridgehead atoms. The third kappa shape index (κ3) is 4.01. The van der Waals surface area contributed by atoms with Crippen molar-refractivity contribution in [1.29, 1.82) is 0 Å². The number of carbonyl (C=O) groups excluding carboxylic acids is 2. The fourth-order valence-corrected chi connectivity index (χ4v) is 2.98. The quantitative estimate of drug-likeness (QED) is 0.683. The summed E-state index contributed by atoms with van der Waals surface area (Å²) in [5.74, 6) is -0.467. The fraction of sp³-hybridized carbons (Fsp3) is 0.238. The number of amides is 1. The monoisotopic (exact) mass is 365 g/mol. The van der Waals surface area contributed by atoms with Crippen LogP contribution in [-0.2, 0) is 4.79 Å². The van der Waals surface area contributed by atoms with E-state index in [4.69, 9.17) is 4.74 Å². The van der Waals surface area contributed by atoms with Crippen molar-refractivity contribution < 1.29 is 14.3 Å². The lowest BCUT2D eigenvalue weighted by atomic mass is 10.2. The number of nitrogens with one attached hydrogen (secondary N) is 1. The standard InChI is InChI=1S/C21H23N3O3/c1-15(25)27-20-17-11-7-8-12-18(17)24(16-9-5-4-6-10-16)19(20)21(26)22-13-14-23(2)3/h4-12H,13-14H2,1-3H3,(H,22,26). The summed E-state index contributed by atoms with van der Waals surface area (Å²) >= 11 is 0. The van der Waals surface area contributed by atoms with E-state index in [0.717, 1.165) is 11.2 Å². The molecule has 0 saturated heterocycles. The number of rotatable bonds is 6. The Morgan fingerprint density at radius 3 is 2.37 bits per heavy atom. The van der Waals surface area contributed by atoms with E-state index in [0.29, 0.717) is 24.2 Å². The summed E-state index contributed by atoms with van der Waals surface area (Å²) < 4.78 is 7.31. The van der Waals surface area contributed by atoms with Crippen LogP contribution < -0.4 is 10.1 Å². The second-order valence-electron chi connectivity index (χ2n) is 6.52. The maximum atomic E-state index is 13.1. The summed E-state index contributed by atoms with van der Waals surface area (Å²) in [6, 6.07) is 17.1. The lowest BCUT2D eigenvalue weighted by Gasteiger charge is -2.14. The highest BCUT2D eigenvalue weighted by atomic mass is 16.5. The van der Waals surface area contributed by atoms with Crippen molar-refractivity contribution in [3.05, 3.63) is 60.3 Å². The average Bonchev–Trinajstić information content (AvgIpc) is 2.96. The van der Waals surface area contributed by atoms with Crippen LogP contribution in [0.3, 0.4) is 0 Å². The highest BCUT2D eigenvalue weighted by Crippen LogP contribution is 2.35. The number of carbonyl (C=O) groups is 2. The summed E-state index contributed by atoms with van der Waals surface area (Å²) in [5, 5.41) is 3.64. The van der Waals surface area contributed by atoms with E-state index in [2.05, 4.69) is 5.32 Å². The summed E-state index contributed by atoms with van der Waals surface area (Å²) in [6.45, 7) is 2.53. The molecule has 0 radical (unpaired) electrons. The van der Waals surface area contributed by atoms with E-state index < -0.39 is 5.97 Å². The Balaban J connectivity index is 2.18. The zero-order valence-electron chi connectivity index (χ0n) is 15.7. The number of aromatic nitrogens is 1. The zero-order valence-corrected chi connectivity index (χ0v) is 15.7. The Morgan fingerprint density at radius 2 is 1.70 bits per heavy atom. The molecule has 0 aliphatic carbocycles. The minimum atomic E-state index is -0.465. The van der Waals surface area contributed by atoms with Crippen LogP contribution in [0.4, 0.5) is 0 Å². The van der Waals surface area contributed by atoms with Crippen LogP contribution in [0.2, 0.25) is 0 Å². The Labute approximate surface area is 158 Å².